The van der Waals surface area contributed by atoms with Crippen molar-refractivity contribution in [3.8, 4) is 5.75 Å². The predicted octanol–water partition coefficient (Wildman–Crippen LogP) is 4.22. The Labute approximate surface area is 210 Å². The second kappa shape index (κ2) is 10.5. The molecule has 0 aromatic heterocycles. The third-order valence-corrected chi connectivity index (χ3v) is 6.86. The zero-order valence-electron chi connectivity index (χ0n) is 20.8. The quantitative estimate of drug-likeness (QED) is 0.483. The van der Waals surface area contributed by atoms with Gasteiger partial charge in [0.25, 0.3) is 0 Å². The third-order valence-electron chi connectivity index (χ3n) is 6.86. The maximum absolute atomic E-state index is 13.3. The highest BCUT2D eigenvalue weighted by Crippen LogP contribution is 2.35. The summed E-state index contributed by atoms with van der Waals surface area (Å²) in [7, 11) is 0. The van der Waals surface area contributed by atoms with Gasteiger partial charge in [-0.25, -0.2) is 4.39 Å². The molecule has 6 nitrogen and oxygen atoms in total. The Morgan fingerprint density at radius 3 is 2.36 bits per heavy atom. The Bertz CT molecular complexity index is 1270. The number of phenolic OH excluding ortho intramolecular Hbond substituents is 1. The molecule has 7 heteroatoms. The van der Waals surface area contributed by atoms with Gasteiger partial charge in [-0.05, 0) is 96.8 Å². The number of hydrogen-bond donors (Lipinski definition) is 3. The zero-order valence-corrected chi connectivity index (χ0v) is 20.8. The van der Waals surface area contributed by atoms with Crippen molar-refractivity contribution in [2.24, 2.45) is 5.73 Å². The SMILES string of the molecule is CC(=O)N1CC[C@@H](NC(=O)[C@@H](N)Cc2c(C)cc(O)cc2C)c2cc(Cc3ccc(F)cc3)ccc21. The number of anilines is 1. The molecule has 4 N–H and O–H groups in total. The van der Waals surface area contributed by atoms with E-state index in [9.17, 15) is 19.1 Å². The summed E-state index contributed by atoms with van der Waals surface area (Å²) < 4.78 is 13.3. The highest BCUT2D eigenvalue weighted by Gasteiger charge is 2.30. The summed E-state index contributed by atoms with van der Waals surface area (Å²) in [5.41, 5.74) is 12.7. The van der Waals surface area contributed by atoms with Crippen LogP contribution in [0, 0.1) is 19.7 Å². The molecule has 0 radical (unpaired) electrons. The molecule has 1 aliphatic heterocycles. The monoisotopic (exact) mass is 489 g/mol. The van der Waals surface area contributed by atoms with Crippen molar-refractivity contribution in [3.05, 3.63) is 93.8 Å². The van der Waals surface area contributed by atoms with E-state index in [1.54, 1.807) is 29.2 Å². The maximum atomic E-state index is 13.3. The van der Waals surface area contributed by atoms with Crippen LogP contribution in [0.2, 0.25) is 0 Å². The van der Waals surface area contributed by atoms with Crippen LogP contribution < -0.4 is 16.0 Å². The van der Waals surface area contributed by atoms with Crippen LogP contribution in [0.25, 0.3) is 0 Å². The van der Waals surface area contributed by atoms with Gasteiger partial charge < -0.3 is 21.1 Å². The van der Waals surface area contributed by atoms with Crippen molar-refractivity contribution in [2.45, 2.75) is 52.1 Å². The number of fused-ring (bicyclic) bond motifs is 1. The van der Waals surface area contributed by atoms with E-state index in [2.05, 4.69) is 5.32 Å². The predicted molar refractivity (Wildman–Crippen MR) is 138 cm³/mol. The molecule has 2 atom stereocenters. The molecule has 0 unspecified atom stereocenters. The fraction of sp³-hybridized carbons (Fsp3) is 0.310. The van der Waals surface area contributed by atoms with E-state index in [0.29, 0.717) is 25.8 Å². The van der Waals surface area contributed by atoms with E-state index in [-0.39, 0.29) is 29.4 Å². The molecule has 0 bridgehead atoms. The minimum Gasteiger partial charge on any atom is -0.508 e. The molecule has 3 aromatic rings. The Morgan fingerprint density at radius 2 is 1.72 bits per heavy atom. The lowest BCUT2D eigenvalue weighted by Gasteiger charge is -2.35. The number of nitrogens with two attached hydrogens (primary N) is 1. The summed E-state index contributed by atoms with van der Waals surface area (Å²) in [5.74, 6) is -0.407. The topological polar surface area (TPSA) is 95.7 Å². The third kappa shape index (κ3) is 5.57. The van der Waals surface area contributed by atoms with Crippen molar-refractivity contribution in [3.63, 3.8) is 0 Å². The summed E-state index contributed by atoms with van der Waals surface area (Å²) in [5, 5.41) is 12.9. The molecule has 0 saturated carbocycles. The number of benzene rings is 3. The van der Waals surface area contributed by atoms with Crippen LogP contribution >= 0.6 is 0 Å². The number of aromatic hydroxyl groups is 1. The Hall–Kier alpha value is -3.71. The number of nitrogens with zero attached hydrogens (tertiary/aromatic N) is 1. The first-order valence-electron chi connectivity index (χ1n) is 12.1. The van der Waals surface area contributed by atoms with Gasteiger partial charge in [0.2, 0.25) is 11.8 Å². The van der Waals surface area contributed by atoms with Crippen LogP contribution in [0.4, 0.5) is 10.1 Å². The number of rotatable bonds is 6. The molecule has 188 valence electrons. The summed E-state index contributed by atoms with van der Waals surface area (Å²) >= 11 is 0. The van der Waals surface area contributed by atoms with E-state index in [1.165, 1.54) is 19.1 Å². The van der Waals surface area contributed by atoms with E-state index in [1.807, 2.05) is 32.0 Å². The highest BCUT2D eigenvalue weighted by atomic mass is 19.1. The molecular weight excluding hydrogens is 457 g/mol. The maximum Gasteiger partial charge on any atom is 0.237 e. The molecule has 0 saturated heterocycles. The van der Waals surface area contributed by atoms with Crippen LogP contribution in [-0.4, -0.2) is 29.5 Å². The number of amides is 2. The fourth-order valence-electron chi connectivity index (χ4n) is 4.97. The highest BCUT2D eigenvalue weighted by molar-refractivity contribution is 5.93. The van der Waals surface area contributed by atoms with Crippen LogP contribution in [0.5, 0.6) is 5.75 Å². The lowest BCUT2D eigenvalue weighted by atomic mass is 9.91. The number of nitrogens with one attached hydrogen (secondary N) is 1. The van der Waals surface area contributed by atoms with Gasteiger partial charge in [-0.3, -0.25) is 9.59 Å². The van der Waals surface area contributed by atoms with Gasteiger partial charge in [0, 0.05) is 19.2 Å². The average Bonchev–Trinajstić information content (AvgIpc) is 2.82. The van der Waals surface area contributed by atoms with E-state index in [4.69, 9.17) is 5.73 Å². The fourth-order valence-corrected chi connectivity index (χ4v) is 4.97. The van der Waals surface area contributed by atoms with Crippen LogP contribution in [0.15, 0.2) is 54.6 Å². The summed E-state index contributed by atoms with van der Waals surface area (Å²) in [6, 6.07) is 14.6. The molecule has 0 fully saturated rings. The summed E-state index contributed by atoms with van der Waals surface area (Å²) in [4.78, 5) is 27.1. The zero-order chi connectivity index (χ0) is 26.0. The first-order chi connectivity index (χ1) is 17.1. The number of carbonyl (C=O) groups is 2. The van der Waals surface area contributed by atoms with Crippen LogP contribution in [0.3, 0.4) is 0 Å². The van der Waals surface area contributed by atoms with Crippen molar-refractivity contribution in [1.29, 1.82) is 0 Å². The van der Waals surface area contributed by atoms with Crippen LogP contribution in [-0.2, 0) is 22.4 Å². The first kappa shape index (κ1) is 25.4. The molecule has 3 aromatic carbocycles. The van der Waals surface area contributed by atoms with Crippen LogP contribution in [0.1, 0.15) is 52.8 Å². The number of aryl methyl sites for hydroxylation is 2. The number of carbonyl (C=O) groups excluding carboxylic acids is 2. The lowest BCUT2D eigenvalue weighted by molar-refractivity contribution is -0.123. The number of halogens is 1. The van der Waals surface area contributed by atoms with E-state index < -0.39 is 6.04 Å². The van der Waals surface area contributed by atoms with Gasteiger partial charge in [0.15, 0.2) is 0 Å². The van der Waals surface area contributed by atoms with E-state index in [0.717, 1.165) is 39.1 Å². The molecule has 0 spiro atoms. The van der Waals surface area contributed by atoms with Gasteiger partial charge in [-0.15, -0.1) is 0 Å². The number of phenols is 1. The molecular formula is C29H32FN3O3. The first-order valence-corrected chi connectivity index (χ1v) is 12.1. The van der Waals surface area contributed by atoms with E-state index >= 15 is 0 Å². The van der Waals surface area contributed by atoms with Crippen molar-refractivity contribution < 1.29 is 19.1 Å². The van der Waals surface area contributed by atoms with Crippen molar-refractivity contribution >= 4 is 17.5 Å². The van der Waals surface area contributed by atoms with Crippen molar-refractivity contribution in [1.82, 2.24) is 5.32 Å². The second-order valence-electron chi connectivity index (χ2n) is 9.59. The minimum atomic E-state index is -0.761. The largest absolute Gasteiger partial charge is 0.508 e. The lowest BCUT2D eigenvalue weighted by Crippen LogP contribution is -2.46. The normalized spacial score (nSPS) is 15.8. The van der Waals surface area contributed by atoms with Crippen molar-refractivity contribution in [2.75, 3.05) is 11.4 Å². The summed E-state index contributed by atoms with van der Waals surface area (Å²) in [6.45, 7) is 5.81. The summed E-state index contributed by atoms with van der Waals surface area (Å²) in [6.07, 6.45) is 1.53. The van der Waals surface area contributed by atoms with Gasteiger partial charge in [-0.1, -0.05) is 24.3 Å². The smallest absolute Gasteiger partial charge is 0.237 e. The Kier molecular flexibility index (Phi) is 7.40. The molecule has 0 aliphatic carbocycles. The molecule has 36 heavy (non-hydrogen) atoms. The second-order valence-corrected chi connectivity index (χ2v) is 9.59. The standard InChI is InChI=1S/C29H32FN3O3/c1-17-12-23(35)13-18(2)24(17)16-26(31)29(36)32-27-10-11-33(19(3)34)28-9-6-21(15-25(27)28)14-20-4-7-22(30)8-5-20/h4-9,12-13,15,26-27,35H,10-11,14,16,31H2,1-3H3,(H,32,36)/t26-,27+/m0/s1. The van der Waals surface area contributed by atoms with Gasteiger partial charge in [-0.2, -0.15) is 0 Å². The Balaban J connectivity index is 1.56. The Morgan fingerprint density at radius 1 is 1.08 bits per heavy atom. The van der Waals surface area contributed by atoms with Gasteiger partial charge >= 0.3 is 0 Å². The average molecular weight is 490 g/mol. The molecule has 2 amide bonds. The molecule has 4 rings (SSSR count). The number of hydrogen-bond acceptors (Lipinski definition) is 4. The van der Waals surface area contributed by atoms with Gasteiger partial charge in [0.1, 0.15) is 11.6 Å². The molecule has 1 aliphatic rings. The molecule has 1 heterocycles. The van der Waals surface area contributed by atoms with Gasteiger partial charge in [0.05, 0.1) is 12.1 Å². The minimum absolute atomic E-state index is 0.0534.